The van der Waals surface area contributed by atoms with Crippen molar-refractivity contribution in [3.63, 3.8) is 0 Å². The summed E-state index contributed by atoms with van der Waals surface area (Å²) in [6.07, 6.45) is 17.7. The number of fused-ring (bicyclic) bond motifs is 5. The standard InChI is InChI=1S/C28H46/c1-19-9-7-10-20(19)21-13-17-27(5)22(21)11-12-24-26(4)16-8-15-25(2,3)23(26)14-18-28(24,27)6/h19-20,23-24H,7-18H2,1-6H3/t19?,20?,23-,24+,26-,27+,28+/m0/s1. The van der Waals surface area contributed by atoms with Crippen molar-refractivity contribution in [3.05, 3.63) is 11.1 Å². The van der Waals surface area contributed by atoms with Gasteiger partial charge in [-0.1, -0.05) is 72.0 Å². The molecule has 0 saturated heterocycles. The summed E-state index contributed by atoms with van der Waals surface area (Å²) < 4.78 is 0. The van der Waals surface area contributed by atoms with E-state index in [9.17, 15) is 0 Å². The largest absolute Gasteiger partial charge is 0.0670 e. The summed E-state index contributed by atoms with van der Waals surface area (Å²) in [7, 11) is 0. The fraction of sp³-hybridized carbons (Fsp3) is 0.929. The van der Waals surface area contributed by atoms with Crippen LogP contribution < -0.4 is 0 Å². The molecular formula is C28H46. The molecule has 0 nitrogen and oxygen atoms in total. The van der Waals surface area contributed by atoms with Crippen molar-refractivity contribution in [2.75, 3.05) is 0 Å². The number of hydrogen-bond acceptors (Lipinski definition) is 0. The smallest absolute Gasteiger partial charge is 0.00539 e. The van der Waals surface area contributed by atoms with Gasteiger partial charge in [0.15, 0.2) is 0 Å². The van der Waals surface area contributed by atoms with Gasteiger partial charge in [0.2, 0.25) is 0 Å². The van der Waals surface area contributed by atoms with E-state index in [0.29, 0.717) is 21.7 Å². The zero-order valence-corrected chi connectivity index (χ0v) is 19.8. The highest BCUT2D eigenvalue weighted by Gasteiger charge is 2.65. The maximum Gasteiger partial charge on any atom is -0.00539 e. The van der Waals surface area contributed by atoms with Crippen molar-refractivity contribution in [1.82, 2.24) is 0 Å². The first-order valence-electron chi connectivity index (χ1n) is 12.9. The Balaban J connectivity index is 1.54. The number of rotatable bonds is 1. The maximum absolute atomic E-state index is 2.76. The van der Waals surface area contributed by atoms with E-state index in [1.807, 2.05) is 11.1 Å². The van der Waals surface area contributed by atoms with E-state index in [1.165, 1.54) is 77.0 Å². The Kier molecular flexibility index (Phi) is 4.31. The van der Waals surface area contributed by atoms with Gasteiger partial charge in [-0.2, -0.15) is 0 Å². The van der Waals surface area contributed by atoms with Gasteiger partial charge < -0.3 is 0 Å². The molecule has 4 fully saturated rings. The molecule has 0 heteroatoms. The Labute approximate surface area is 175 Å². The Morgan fingerprint density at radius 2 is 1.50 bits per heavy atom. The Hall–Kier alpha value is -0.260. The lowest BCUT2D eigenvalue weighted by molar-refractivity contribution is -0.173. The number of hydrogen-bond donors (Lipinski definition) is 0. The maximum atomic E-state index is 2.76. The van der Waals surface area contributed by atoms with Crippen molar-refractivity contribution in [3.8, 4) is 0 Å². The minimum Gasteiger partial charge on any atom is -0.0670 e. The molecule has 0 aromatic heterocycles. The lowest BCUT2D eigenvalue weighted by Gasteiger charge is -2.68. The van der Waals surface area contributed by atoms with E-state index in [-0.39, 0.29) is 0 Å². The van der Waals surface area contributed by atoms with E-state index in [4.69, 9.17) is 0 Å². The molecule has 5 aliphatic carbocycles. The second-order valence-electron chi connectivity index (χ2n) is 13.3. The molecule has 0 spiro atoms. The van der Waals surface area contributed by atoms with Gasteiger partial charge in [0.05, 0.1) is 0 Å². The second-order valence-corrected chi connectivity index (χ2v) is 13.3. The first kappa shape index (κ1) is 19.7. The zero-order chi connectivity index (χ0) is 19.9. The van der Waals surface area contributed by atoms with Crippen LogP contribution in [0.2, 0.25) is 0 Å². The first-order chi connectivity index (χ1) is 13.1. The third-order valence-electron chi connectivity index (χ3n) is 12.0. The fourth-order valence-corrected chi connectivity index (χ4v) is 10.4. The molecule has 0 aromatic carbocycles. The highest BCUT2D eigenvalue weighted by Crippen LogP contribution is 2.74. The molecule has 0 bridgehead atoms. The second kappa shape index (κ2) is 6.13. The molecule has 4 saturated carbocycles. The third kappa shape index (κ3) is 2.36. The fourth-order valence-electron chi connectivity index (χ4n) is 10.4. The Bertz CT molecular complexity index is 682. The summed E-state index contributed by atoms with van der Waals surface area (Å²) in [5.41, 5.74) is 6.16. The van der Waals surface area contributed by atoms with Crippen molar-refractivity contribution < 1.29 is 0 Å². The molecule has 0 aliphatic heterocycles. The minimum atomic E-state index is 0.503. The highest BCUT2D eigenvalue weighted by molar-refractivity contribution is 5.36. The van der Waals surface area contributed by atoms with Crippen LogP contribution in [0.1, 0.15) is 119 Å². The van der Waals surface area contributed by atoms with E-state index >= 15 is 0 Å². The predicted molar refractivity (Wildman–Crippen MR) is 120 cm³/mol. The molecule has 0 aromatic rings. The molecule has 0 heterocycles. The molecule has 7 atom stereocenters. The van der Waals surface area contributed by atoms with Gasteiger partial charge in [-0.15, -0.1) is 0 Å². The van der Waals surface area contributed by atoms with Gasteiger partial charge >= 0.3 is 0 Å². The van der Waals surface area contributed by atoms with E-state index in [1.54, 1.807) is 0 Å². The van der Waals surface area contributed by atoms with Crippen LogP contribution >= 0.6 is 0 Å². The van der Waals surface area contributed by atoms with Crippen molar-refractivity contribution >= 4 is 0 Å². The summed E-state index contributed by atoms with van der Waals surface area (Å²) in [6, 6.07) is 0. The third-order valence-corrected chi connectivity index (χ3v) is 12.0. The normalized spacial score (nSPS) is 52.9. The van der Waals surface area contributed by atoms with Crippen LogP contribution in [0.25, 0.3) is 0 Å². The monoisotopic (exact) mass is 382 g/mol. The molecule has 0 radical (unpaired) electrons. The van der Waals surface area contributed by atoms with Gasteiger partial charge in [-0.3, -0.25) is 0 Å². The van der Waals surface area contributed by atoms with Crippen molar-refractivity contribution in [1.29, 1.82) is 0 Å². The quantitative estimate of drug-likeness (QED) is 0.398. The van der Waals surface area contributed by atoms with Gasteiger partial charge in [0, 0.05) is 0 Å². The molecule has 2 unspecified atom stereocenters. The average molecular weight is 383 g/mol. The zero-order valence-electron chi connectivity index (χ0n) is 19.8. The van der Waals surface area contributed by atoms with Gasteiger partial charge in [-0.25, -0.2) is 0 Å². The van der Waals surface area contributed by atoms with Gasteiger partial charge in [-0.05, 0) is 103 Å². The first-order valence-corrected chi connectivity index (χ1v) is 12.9. The molecule has 158 valence electrons. The van der Waals surface area contributed by atoms with E-state index in [2.05, 4.69) is 41.5 Å². The van der Waals surface area contributed by atoms with Crippen LogP contribution in [0, 0.1) is 45.3 Å². The lowest BCUT2D eigenvalue weighted by atomic mass is 9.36. The summed E-state index contributed by atoms with van der Waals surface area (Å²) in [5.74, 6) is 3.80. The van der Waals surface area contributed by atoms with Gasteiger partial charge in [0.1, 0.15) is 0 Å². The summed E-state index contributed by atoms with van der Waals surface area (Å²) >= 11 is 0. The molecule has 0 amide bonds. The van der Waals surface area contributed by atoms with Crippen molar-refractivity contribution in [2.45, 2.75) is 119 Å². The minimum absolute atomic E-state index is 0.503. The van der Waals surface area contributed by atoms with E-state index < -0.39 is 0 Å². The lowest BCUT2D eigenvalue weighted by Crippen LogP contribution is -2.60. The van der Waals surface area contributed by atoms with E-state index in [0.717, 1.165) is 23.7 Å². The molecular weight excluding hydrogens is 336 g/mol. The summed E-state index contributed by atoms with van der Waals surface area (Å²) in [6.45, 7) is 16.0. The molecule has 5 rings (SSSR count). The van der Waals surface area contributed by atoms with Crippen molar-refractivity contribution in [2.24, 2.45) is 45.3 Å². The average Bonchev–Trinajstić information content (AvgIpc) is 3.18. The topological polar surface area (TPSA) is 0 Å². The molecule has 28 heavy (non-hydrogen) atoms. The SMILES string of the molecule is CC1CCCC1C1=C2CC[C@@H]3[C@@]4(C)CCCC(C)(C)[C@@H]4CC[C@@]3(C)[C@]2(C)CC1. The van der Waals surface area contributed by atoms with Crippen LogP contribution in [0.3, 0.4) is 0 Å². The van der Waals surface area contributed by atoms with Crippen LogP contribution in [0.5, 0.6) is 0 Å². The van der Waals surface area contributed by atoms with Crippen LogP contribution in [-0.4, -0.2) is 0 Å². The Morgan fingerprint density at radius 1 is 0.714 bits per heavy atom. The Morgan fingerprint density at radius 3 is 2.21 bits per heavy atom. The van der Waals surface area contributed by atoms with Crippen LogP contribution in [0.15, 0.2) is 11.1 Å². The molecule has 0 N–H and O–H groups in total. The highest BCUT2D eigenvalue weighted by atomic mass is 14.7. The summed E-state index contributed by atoms with van der Waals surface area (Å²) in [4.78, 5) is 0. The predicted octanol–water partition coefficient (Wildman–Crippen LogP) is 8.56. The van der Waals surface area contributed by atoms with Crippen LogP contribution in [-0.2, 0) is 0 Å². The van der Waals surface area contributed by atoms with Crippen LogP contribution in [0.4, 0.5) is 0 Å². The molecule has 5 aliphatic rings. The number of allylic oxidation sites excluding steroid dienone is 2. The van der Waals surface area contributed by atoms with Gasteiger partial charge in [0.25, 0.3) is 0 Å². The summed E-state index contributed by atoms with van der Waals surface area (Å²) in [5, 5.41) is 0.